The normalized spacial score (nSPS) is 27.9. The predicted octanol–water partition coefficient (Wildman–Crippen LogP) is 1.58. The molecule has 1 fully saturated rings. The quantitative estimate of drug-likeness (QED) is 0.795. The van der Waals surface area contributed by atoms with Crippen molar-refractivity contribution in [3.8, 4) is 0 Å². The van der Waals surface area contributed by atoms with E-state index in [0.717, 1.165) is 13.2 Å². The Labute approximate surface area is 91.0 Å². The Bertz CT molecular complexity index is 302. The van der Waals surface area contributed by atoms with Crippen molar-refractivity contribution in [2.24, 2.45) is 0 Å². The van der Waals surface area contributed by atoms with Gasteiger partial charge in [-0.2, -0.15) is 0 Å². The van der Waals surface area contributed by atoms with Crippen LogP contribution in [0.25, 0.3) is 0 Å². The average molecular weight is 206 g/mol. The first-order valence-corrected chi connectivity index (χ1v) is 5.43. The molecule has 1 saturated heterocycles. The van der Waals surface area contributed by atoms with Crippen LogP contribution in [0.15, 0.2) is 30.3 Å². The molecule has 0 bridgehead atoms. The van der Waals surface area contributed by atoms with Gasteiger partial charge < -0.3 is 4.74 Å². The fourth-order valence-electron chi connectivity index (χ4n) is 2.12. The number of nitrogens with one attached hydrogen (secondary N) is 1. The molecule has 2 rings (SSSR count). The number of hydrazine groups is 1. The molecule has 3 heteroatoms. The van der Waals surface area contributed by atoms with E-state index in [4.69, 9.17) is 4.74 Å². The van der Waals surface area contributed by atoms with Crippen molar-refractivity contribution >= 4 is 0 Å². The molecule has 1 aromatic rings. The third-order valence-corrected chi connectivity index (χ3v) is 2.97. The molecular weight excluding hydrogens is 188 g/mol. The van der Waals surface area contributed by atoms with E-state index in [0.29, 0.717) is 6.04 Å². The summed E-state index contributed by atoms with van der Waals surface area (Å²) in [5.74, 6) is 0. The van der Waals surface area contributed by atoms with E-state index in [1.165, 1.54) is 5.56 Å². The minimum Gasteiger partial charge on any atom is -0.370 e. The molecule has 0 aliphatic carbocycles. The highest BCUT2D eigenvalue weighted by Crippen LogP contribution is 2.26. The summed E-state index contributed by atoms with van der Waals surface area (Å²) in [7, 11) is 1.96. The predicted molar refractivity (Wildman–Crippen MR) is 60.4 cm³/mol. The smallest absolute Gasteiger partial charge is 0.0991 e. The molecule has 2 atom stereocenters. The van der Waals surface area contributed by atoms with E-state index in [9.17, 15) is 0 Å². The lowest BCUT2D eigenvalue weighted by Crippen LogP contribution is -2.51. The second-order valence-corrected chi connectivity index (χ2v) is 3.86. The van der Waals surface area contributed by atoms with Crippen molar-refractivity contribution in [3.05, 3.63) is 35.9 Å². The Morgan fingerprint density at radius 3 is 2.73 bits per heavy atom. The number of morpholine rings is 1. The van der Waals surface area contributed by atoms with Crippen molar-refractivity contribution in [2.75, 3.05) is 20.2 Å². The van der Waals surface area contributed by atoms with Gasteiger partial charge in [0.2, 0.25) is 0 Å². The van der Waals surface area contributed by atoms with Gasteiger partial charge in [-0.05, 0) is 19.5 Å². The fourth-order valence-corrected chi connectivity index (χ4v) is 2.12. The zero-order valence-corrected chi connectivity index (χ0v) is 9.31. The zero-order chi connectivity index (χ0) is 10.7. The number of benzene rings is 1. The van der Waals surface area contributed by atoms with Gasteiger partial charge in [-0.15, -0.1) is 0 Å². The van der Waals surface area contributed by atoms with Gasteiger partial charge in [0.05, 0.1) is 18.8 Å². The van der Waals surface area contributed by atoms with Crippen LogP contribution in [-0.2, 0) is 4.74 Å². The molecule has 1 aromatic carbocycles. The second kappa shape index (κ2) is 4.75. The number of hydrogen-bond acceptors (Lipinski definition) is 3. The summed E-state index contributed by atoms with van der Waals surface area (Å²) in [5.41, 5.74) is 4.46. The fraction of sp³-hybridized carbons (Fsp3) is 0.500. The van der Waals surface area contributed by atoms with Crippen LogP contribution >= 0.6 is 0 Å². The lowest BCUT2D eigenvalue weighted by atomic mass is 10.0. The summed E-state index contributed by atoms with van der Waals surface area (Å²) < 4.78 is 5.83. The minimum atomic E-state index is 0.174. The highest BCUT2D eigenvalue weighted by Gasteiger charge is 2.28. The molecule has 0 spiro atoms. The van der Waals surface area contributed by atoms with Crippen molar-refractivity contribution in [1.29, 1.82) is 0 Å². The number of ether oxygens (including phenoxy) is 1. The Hall–Kier alpha value is -0.900. The zero-order valence-electron chi connectivity index (χ0n) is 9.31. The molecule has 82 valence electrons. The molecular formula is C12H18N2O. The Balaban J connectivity index is 2.15. The van der Waals surface area contributed by atoms with Gasteiger partial charge in [0.1, 0.15) is 0 Å². The van der Waals surface area contributed by atoms with Crippen LogP contribution in [-0.4, -0.2) is 31.3 Å². The van der Waals surface area contributed by atoms with Gasteiger partial charge in [-0.3, -0.25) is 5.43 Å². The molecule has 0 radical (unpaired) electrons. The van der Waals surface area contributed by atoms with Crippen LogP contribution in [0.5, 0.6) is 0 Å². The van der Waals surface area contributed by atoms with Gasteiger partial charge in [0, 0.05) is 6.54 Å². The monoisotopic (exact) mass is 206 g/mol. The van der Waals surface area contributed by atoms with Gasteiger partial charge in [0.15, 0.2) is 0 Å². The van der Waals surface area contributed by atoms with E-state index in [1.54, 1.807) is 0 Å². The molecule has 1 heterocycles. The average Bonchev–Trinajstić information content (AvgIpc) is 2.30. The number of hydrogen-bond donors (Lipinski definition) is 1. The Kier molecular flexibility index (Phi) is 3.36. The van der Waals surface area contributed by atoms with Crippen LogP contribution in [0.1, 0.15) is 18.6 Å². The van der Waals surface area contributed by atoms with Crippen molar-refractivity contribution in [2.45, 2.75) is 19.1 Å². The first-order chi connectivity index (χ1) is 7.33. The molecule has 0 saturated carbocycles. The summed E-state index contributed by atoms with van der Waals surface area (Å²) in [5, 5.41) is 2.22. The van der Waals surface area contributed by atoms with Crippen LogP contribution in [0.2, 0.25) is 0 Å². The summed E-state index contributed by atoms with van der Waals surface area (Å²) >= 11 is 0. The van der Waals surface area contributed by atoms with Gasteiger partial charge in [0.25, 0.3) is 0 Å². The SMILES string of the molecule is CNN1CCO[C@@H](c2ccccc2)[C@H]1C. The largest absolute Gasteiger partial charge is 0.370 e. The molecule has 15 heavy (non-hydrogen) atoms. The van der Waals surface area contributed by atoms with Gasteiger partial charge in [-0.1, -0.05) is 30.3 Å². The maximum absolute atomic E-state index is 5.83. The highest BCUT2D eigenvalue weighted by atomic mass is 16.5. The molecule has 1 aliphatic rings. The van der Waals surface area contributed by atoms with E-state index >= 15 is 0 Å². The first-order valence-electron chi connectivity index (χ1n) is 5.43. The third-order valence-electron chi connectivity index (χ3n) is 2.97. The lowest BCUT2D eigenvalue weighted by molar-refractivity contribution is -0.0835. The molecule has 1 aliphatic heterocycles. The van der Waals surface area contributed by atoms with Crippen LogP contribution in [0.4, 0.5) is 0 Å². The Morgan fingerprint density at radius 2 is 2.07 bits per heavy atom. The van der Waals surface area contributed by atoms with Crippen LogP contribution < -0.4 is 5.43 Å². The van der Waals surface area contributed by atoms with E-state index in [-0.39, 0.29) is 6.10 Å². The molecule has 3 nitrogen and oxygen atoms in total. The van der Waals surface area contributed by atoms with Gasteiger partial charge >= 0.3 is 0 Å². The lowest BCUT2D eigenvalue weighted by Gasteiger charge is -2.38. The number of rotatable bonds is 2. The maximum atomic E-state index is 5.83. The van der Waals surface area contributed by atoms with E-state index < -0.39 is 0 Å². The number of nitrogens with zero attached hydrogens (tertiary/aromatic N) is 1. The summed E-state index contributed by atoms with van der Waals surface area (Å²) in [6, 6.07) is 10.8. The minimum absolute atomic E-state index is 0.174. The molecule has 1 N–H and O–H groups in total. The summed E-state index contributed by atoms with van der Waals surface area (Å²) in [4.78, 5) is 0. The Morgan fingerprint density at radius 1 is 1.33 bits per heavy atom. The van der Waals surface area contributed by atoms with Crippen LogP contribution in [0.3, 0.4) is 0 Å². The maximum Gasteiger partial charge on any atom is 0.0991 e. The van der Waals surface area contributed by atoms with E-state index in [2.05, 4.69) is 41.6 Å². The van der Waals surface area contributed by atoms with Crippen molar-refractivity contribution in [1.82, 2.24) is 10.4 Å². The van der Waals surface area contributed by atoms with Crippen molar-refractivity contribution < 1.29 is 4.74 Å². The standard InChI is InChI=1S/C12H18N2O/c1-10-12(11-6-4-3-5-7-11)15-9-8-14(10)13-2/h3-7,10,12-13H,8-9H2,1-2H3/t10-,12-/m1/s1. The van der Waals surface area contributed by atoms with Gasteiger partial charge in [-0.25, -0.2) is 5.01 Å². The van der Waals surface area contributed by atoms with Crippen LogP contribution in [0, 0.1) is 0 Å². The first kappa shape index (κ1) is 10.6. The molecule has 0 amide bonds. The second-order valence-electron chi connectivity index (χ2n) is 3.86. The summed E-state index contributed by atoms with van der Waals surface area (Å²) in [6.45, 7) is 3.92. The molecule has 0 aromatic heterocycles. The third kappa shape index (κ3) is 2.20. The van der Waals surface area contributed by atoms with Crippen molar-refractivity contribution in [3.63, 3.8) is 0 Å². The van der Waals surface area contributed by atoms with E-state index in [1.807, 2.05) is 13.1 Å². The topological polar surface area (TPSA) is 24.5 Å². The molecule has 0 unspecified atom stereocenters. The highest BCUT2D eigenvalue weighted by molar-refractivity contribution is 5.19. The summed E-state index contributed by atoms with van der Waals surface area (Å²) in [6.07, 6.45) is 0.174.